The van der Waals surface area contributed by atoms with Crippen molar-refractivity contribution >= 4 is 18.3 Å². The molecule has 0 bridgehead atoms. The first-order chi connectivity index (χ1) is 11.3. The van der Waals surface area contributed by atoms with Crippen LogP contribution in [0.3, 0.4) is 0 Å². The lowest BCUT2D eigenvalue weighted by molar-refractivity contribution is 0.0946. The Hall–Kier alpha value is -1.89. The molecule has 1 aromatic carbocycles. The molecule has 2 heterocycles. The summed E-state index contributed by atoms with van der Waals surface area (Å²) in [4.78, 5) is 14.9. The van der Waals surface area contributed by atoms with Gasteiger partial charge in [-0.2, -0.15) is 0 Å². The van der Waals surface area contributed by atoms with Gasteiger partial charge in [-0.3, -0.25) is 9.69 Å². The van der Waals surface area contributed by atoms with Crippen molar-refractivity contribution in [2.75, 3.05) is 39.3 Å². The van der Waals surface area contributed by atoms with Gasteiger partial charge in [0.05, 0.1) is 0 Å². The number of piperazine rings is 1. The highest BCUT2D eigenvalue weighted by atomic mass is 35.5. The van der Waals surface area contributed by atoms with E-state index in [2.05, 4.69) is 20.7 Å². The first-order valence-electron chi connectivity index (χ1n) is 7.98. The van der Waals surface area contributed by atoms with Crippen LogP contribution in [0.15, 0.2) is 34.9 Å². The second kappa shape index (κ2) is 8.82. The highest BCUT2D eigenvalue weighted by Gasteiger charge is 2.21. The van der Waals surface area contributed by atoms with Crippen LogP contribution in [-0.4, -0.2) is 55.2 Å². The quantitative estimate of drug-likeness (QED) is 0.859. The molecule has 1 saturated heterocycles. The van der Waals surface area contributed by atoms with E-state index in [1.54, 1.807) is 6.92 Å². The first kappa shape index (κ1) is 18.4. The first-order valence-corrected chi connectivity index (χ1v) is 7.98. The van der Waals surface area contributed by atoms with Crippen LogP contribution in [-0.2, 0) is 0 Å². The zero-order valence-electron chi connectivity index (χ0n) is 13.7. The van der Waals surface area contributed by atoms with Crippen molar-refractivity contribution in [1.29, 1.82) is 0 Å². The van der Waals surface area contributed by atoms with Crippen molar-refractivity contribution in [1.82, 2.24) is 20.7 Å². The Bertz CT molecular complexity index is 654. The van der Waals surface area contributed by atoms with Crippen molar-refractivity contribution in [3.05, 3.63) is 41.7 Å². The van der Waals surface area contributed by atoms with E-state index in [1.165, 1.54) is 0 Å². The number of nitrogens with zero attached hydrogens (tertiary/aromatic N) is 2. The molecule has 7 heteroatoms. The smallest absolute Gasteiger partial charge is 0.257 e. The lowest BCUT2D eigenvalue weighted by atomic mass is 10.1. The number of amides is 1. The summed E-state index contributed by atoms with van der Waals surface area (Å²) in [7, 11) is 0. The van der Waals surface area contributed by atoms with E-state index < -0.39 is 0 Å². The molecule has 1 amide bonds. The number of rotatable bonds is 5. The number of carbonyl (C=O) groups excluding carboxylic acids is 1. The zero-order valence-corrected chi connectivity index (χ0v) is 14.6. The van der Waals surface area contributed by atoms with E-state index in [9.17, 15) is 4.79 Å². The van der Waals surface area contributed by atoms with Gasteiger partial charge < -0.3 is 15.2 Å². The molecule has 24 heavy (non-hydrogen) atoms. The Morgan fingerprint density at radius 1 is 1.29 bits per heavy atom. The Kier molecular flexibility index (Phi) is 6.78. The van der Waals surface area contributed by atoms with Gasteiger partial charge >= 0.3 is 0 Å². The number of benzene rings is 1. The number of hydrogen-bond acceptors (Lipinski definition) is 5. The molecule has 0 saturated carbocycles. The summed E-state index contributed by atoms with van der Waals surface area (Å²) < 4.78 is 5.24. The van der Waals surface area contributed by atoms with Gasteiger partial charge in [-0.25, -0.2) is 0 Å². The van der Waals surface area contributed by atoms with Crippen molar-refractivity contribution < 1.29 is 9.32 Å². The number of halogens is 1. The second-order valence-electron chi connectivity index (χ2n) is 5.68. The lowest BCUT2D eigenvalue weighted by Gasteiger charge is -2.27. The van der Waals surface area contributed by atoms with Crippen molar-refractivity contribution in [2.24, 2.45) is 0 Å². The molecule has 2 aromatic rings. The Labute approximate surface area is 148 Å². The van der Waals surface area contributed by atoms with E-state index in [4.69, 9.17) is 4.52 Å². The molecule has 1 aliphatic rings. The zero-order chi connectivity index (χ0) is 16.1. The molecule has 1 aromatic heterocycles. The van der Waals surface area contributed by atoms with E-state index in [0.717, 1.165) is 38.3 Å². The molecule has 2 N–H and O–H groups in total. The van der Waals surface area contributed by atoms with Gasteiger partial charge in [-0.1, -0.05) is 35.5 Å². The predicted molar refractivity (Wildman–Crippen MR) is 95.6 cm³/mol. The fourth-order valence-corrected chi connectivity index (χ4v) is 2.78. The molecule has 6 nitrogen and oxygen atoms in total. The molecule has 0 aliphatic carbocycles. The van der Waals surface area contributed by atoms with E-state index in [0.29, 0.717) is 23.6 Å². The number of hydrogen-bond donors (Lipinski definition) is 2. The molecule has 1 fully saturated rings. The standard InChI is InChI=1S/C17H22N4O2.ClH/c1-13-15(16(20-23-13)14-5-3-2-4-6-14)17(22)19-9-12-21-10-7-18-8-11-21;/h2-6,18H,7-12H2,1H3,(H,19,22);1H. The van der Waals surface area contributed by atoms with Crippen LogP contribution in [0.2, 0.25) is 0 Å². The van der Waals surface area contributed by atoms with Gasteiger partial charge in [0, 0.05) is 44.8 Å². The maximum Gasteiger partial charge on any atom is 0.257 e. The summed E-state index contributed by atoms with van der Waals surface area (Å²) in [6.45, 7) is 7.32. The van der Waals surface area contributed by atoms with E-state index >= 15 is 0 Å². The molecule has 130 valence electrons. The van der Waals surface area contributed by atoms with Crippen molar-refractivity contribution in [3.63, 3.8) is 0 Å². The van der Waals surface area contributed by atoms with Crippen LogP contribution in [0, 0.1) is 6.92 Å². The fourth-order valence-electron chi connectivity index (χ4n) is 2.78. The van der Waals surface area contributed by atoms with Crippen LogP contribution in [0.1, 0.15) is 16.1 Å². The molecule has 0 atom stereocenters. The van der Waals surface area contributed by atoms with Crippen LogP contribution in [0.25, 0.3) is 11.3 Å². The summed E-state index contributed by atoms with van der Waals surface area (Å²) in [6.07, 6.45) is 0. The molecule has 0 unspecified atom stereocenters. The fraction of sp³-hybridized carbons (Fsp3) is 0.412. The largest absolute Gasteiger partial charge is 0.360 e. The van der Waals surface area contributed by atoms with E-state index in [1.807, 2.05) is 30.3 Å². The Balaban J connectivity index is 0.00000208. The molecule has 3 rings (SSSR count). The van der Waals surface area contributed by atoms with Gasteiger partial charge in [0.15, 0.2) is 0 Å². The number of carbonyl (C=O) groups is 1. The van der Waals surface area contributed by atoms with Crippen LogP contribution in [0.4, 0.5) is 0 Å². The minimum Gasteiger partial charge on any atom is -0.360 e. The van der Waals surface area contributed by atoms with Crippen LogP contribution in [0.5, 0.6) is 0 Å². The molecule has 0 radical (unpaired) electrons. The normalized spacial score (nSPS) is 14.9. The molecular formula is C17H23ClN4O2. The minimum absolute atomic E-state index is 0. The number of aromatic nitrogens is 1. The monoisotopic (exact) mass is 350 g/mol. The lowest BCUT2D eigenvalue weighted by Crippen LogP contribution is -2.46. The Morgan fingerprint density at radius 3 is 2.71 bits per heavy atom. The van der Waals surface area contributed by atoms with Gasteiger partial charge in [0.25, 0.3) is 5.91 Å². The highest BCUT2D eigenvalue weighted by Crippen LogP contribution is 2.24. The molecule has 0 spiro atoms. The number of nitrogens with one attached hydrogen (secondary N) is 2. The molecule has 1 aliphatic heterocycles. The number of aryl methyl sites for hydroxylation is 1. The third-order valence-corrected chi connectivity index (χ3v) is 4.06. The van der Waals surface area contributed by atoms with Gasteiger partial charge in [-0.05, 0) is 6.92 Å². The van der Waals surface area contributed by atoms with Gasteiger partial charge in [0.1, 0.15) is 17.0 Å². The second-order valence-corrected chi connectivity index (χ2v) is 5.68. The van der Waals surface area contributed by atoms with Crippen LogP contribution < -0.4 is 10.6 Å². The third kappa shape index (κ3) is 4.35. The van der Waals surface area contributed by atoms with Crippen molar-refractivity contribution in [2.45, 2.75) is 6.92 Å². The summed E-state index contributed by atoms with van der Waals surface area (Å²) in [5, 5.41) is 10.4. The third-order valence-electron chi connectivity index (χ3n) is 4.06. The van der Waals surface area contributed by atoms with Gasteiger partial charge in [0.2, 0.25) is 0 Å². The Morgan fingerprint density at radius 2 is 2.00 bits per heavy atom. The SMILES string of the molecule is Cc1onc(-c2ccccc2)c1C(=O)NCCN1CCNCC1.Cl. The highest BCUT2D eigenvalue weighted by molar-refractivity contribution is 6.00. The average Bonchev–Trinajstić information content (AvgIpc) is 2.98. The topological polar surface area (TPSA) is 70.4 Å². The van der Waals surface area contributed by atoms with Crippen molar-refractivity contribution in [3.8, 4) is 11.3 Å². The minimum atomic E-state index is -0.127. The average molecular weight is 351 g/mol. The molecular weight excluding hydrogens is 328 g/mol. The van der Waals surface area contributed by atoms with E-state index in [-0.39, 0.29) is 18.3 Å². The summed E-state index contributed by atoms with van der Waals surface area (Å²) in [6, 6.07) is 9.63. The predicted octanol–water partition coefficient (Wildman–Crippen LogP) is 1.71. The van der Waals surface area contributed by atoms with Gasteiger partial charge in [-0.15, -0.1) is 12.4 Å². The summed E-state index contributed by atoms with van der Waals surface area (Å²) in [5.74, 6) is 0.418. The summed E-state index contributed by atoms with van der Waals surface area (Å²) in [5.41, 5.74) is 2.01. The maximum atomic E-state index is 12.5. The van der Waals surface area contributed by atoms with Crippen LogP contribution >= 0.6 is 12.4 Å². The maximum absolute atomic E-state index is 12.5. The summed E-state index contributed by atoms with van der Waals surface area (Å²) >= 11 is 0.